The second kappa shape index (κ2) is 7.84. The third-order valence-electron chi connectivity index (χ3n) is 4.56. The van der Waals surface area contributed by atoms with Crippen molar-refractivity contribution < 1.29 is 19.1 Å². The monoisotopic (exact) mass is 380 g/mol. The predicted molar refractivity (Wildman–Crippen MR) is 107 cm³/mol. The maximum absolute atomic E-state index is 12.1. The molecule has 6 heteroatoms. The molecule has 2 aromatic rings. The third-order valence-corrected chi connectivity index (χ3v) is 4.56. The molecular formula is C22H24N2O4. The van der Waals surface area contributed by atoms with Gasteiger partial charge < -0.3 is 10.1 Å². The Morgan fingerprint density at radius 1 is 1.00 bits per heavy atom. The number of carbonyl (C=O) groups excluding carboxylic acids is 3. The number of benzene rings is 2. The average Bonchev–Trinajstić information content (AvgIpc) is 2.92. The van der Waals surface area contributed by atoms with E-state index >= 15 is 0 Å². The van der Waals surface area contributed by atoms with Gasteiger partial charge in [0.2, 0.25) is 5.91 Å². The molecule has 0 aromatic heterocycles. The second-order valence-corrected chi connectivity index (χ2v) is 7.82. The van der Waals surface area contributed by atoms with Crippen molar-refractivity contribution in [2.24, 2.45) is 0 Å². The van der Waals surface area contributed by atoms with Gasteiger partial charge in [-0.25, -0.2) is 0 Å². The van der Waals surface area contributed by atoms with Gasteiger partial charge in [-0.2, -0.15) is 0 Å². The normalized spacial score (nSPS) is 13.1. The van der Waals surface area contributed by atoms with Crippen LogP contribution in [0.5, 0.6) is 5.75 Å². The molecule has 1 aliphatic rings. The fourth-order valence-corrected chi connectivity index (χ4v) is 2.94. The van der Waals surface area contributed by atoms with Gasteiger partial charge in [0.1, 0.15) is 5.75 Å². The number of anilines is 1. The fraction of sp³-hybridized carbons (Fsp3) is 0.318. The number of hydrogen-bond acceptors (Lipinski definition) is 4. The molecular weight excluding hydrogens is 356 g/mol. The Hall–Kier alpha value is -3.15. The molecule has 3 rings (SSSR count). The minimum absolute atomic E-state index is 0.0993. The topological polar surface area (TPSA) is 84.5 Å². The molecule has 146 valence electrons. The van der Waals surface area contributed by atoms with Crippen LogP contribution in [-0.4, -0.2) is 24.3 Å². The first-order chi connectivity index (χ1) is 13.2. The van der Waals surface area contributed by atoms with E-state index in [1.54, 1.807) is 6.07 Å². The number of fused-ring (bicyclic) bond motifs is 1. The number of carbonyl (C=O) groups is 3. The number of nitrogens with one attached hydrogen (secondary N) is 2. The summed E-state index contributed by atoms with van der Waals surface area (Å²) >= 11 is 0. The van der Waals surface area contributed by atoms with E-state index in [4.69, 9.17) is 4.74 Å². The number of hydrogen-bond donors (Lipinski definition) is 2. The van der Waals surface area contributed by atoms with Gasteiger partial charge in [0, 0.05) is 12.1 Å². The molecule has 2 aromatic carbocycles. The van der Waals surface area contributed by atoms with Gasteiger partial charge in [-0.05, 0) is 47.7 Å². The maximum atomic E-state index is 12.1. The molecule has 0 saturated carbocycles. The van der Waals surface area contributed by atoms with Gasteiger partial charge in [-0.15, -0.1) is 0 Å². The summed E-state index contributed by atoms with van der Waals surface area (Å²) < 4.78 is 5.69. The summed E-state index contributed by atoms with van der Waals surface area (Å²) in [5.74, 6) is -0.244. The van der Waals surface area contributed by atoms with Crippen LogP contribution in [0.2, 0.25) is 0 Å². The Kier molecular flexibility index (Phi) is 5.49. The highest BCUT2D eigenvalue weighted by molar-refractivity contribution is 6.22. The number of rotatable bonds is 6. The Labute approximate surface area is 164 Å². The van der Waals surface area contributed by atoms with E-state index in [0.717, 1.165) is 5.75 Å². The first-order valence-corrected chi connectivity index (χ1v) is 9.27. The zero-order chi connectivity index (χ0) is 20.3. The van der Waals surface area contributed by atoms with Gasteiger partial charge in [0.25, 0.3) is 11.8 Å². The number of ether oxygens (including phenoxy) is 1. The summed E-state index contributed by atoms with van der Waals surface area (Å²) in [5.41, 5.74) is 2.44. The summed E-state index contributed by atoms with van der Waals surface area (Å²) in [7, 11) is 0. The van der Waals surface area contributed by atoms with Crippen LogP contribution in [0.4, 0.5) is 5.69 Å². The predicted octanol–water partition coefficient (Wildman–Crippen LogP) is 3.67. The summed E-state index contributed by atoms with van der Waals surface area (Å²) in [5, 5.41) is 4.97. The highest BCUT2D eigenvalue weighted by atomic mass is 16.5. The van der Waals surface area contributed by atoms with Crippen molar-refractivity contribution in [3.8, 4) is 5.75 Å². The summed E-state index contributed by atoms with van der Waals surface area (Å²) in [4.78, 5) is 35.3. The molecule has 0 fully saturated rings. The van der Waals surface area contributed by atoms with E-state index in [2.05, 4.69) is 43.5 Å². The van der Waals surface area contributed by atoms with Crippen molar-refractivity contribution in [2.75, 3.05) is 11.9 Å². The molecule has 0 spiro atoms. The second-order valence-electron chi connectivity index (χ2n) is 7.82. The first kappa shape index (κ1) is 19.6. The lowest BCUT2D eigenvalue weighted by atomic mass is 9.87. The highest BCUT2D eigenvalue weighted by Crippen LogP contribution is 2.24. The molecule has 1 heterocycles. The van der Waals surface area contributed by atoms with Crippen molar-refractivity contribution in [3.63, 3.8) is 0 Å². The Morgan fingerprint density at radius 3 is 2.36 bits per heavy atom. The molecule has 0 saturated heterocycles. The third kappa shape index (κ3) is 4.57. The van der Waals surface area contributed by atoms with Gasteiger partial charge >= 0.3 is 0 Å². The smallest absolute Gasteiger partial charge is 0.259 e. The Balaban J connectivity index is 1.45. The fourth-order valence-electron chi connectivity index (χ4n) is 2.94. The van der Waals surface area contributed by atoms with Crippen LogP contribution >= 0.6 is 0 Å². The summed E-state index contributed by atoms with van der Waals surface area (Å²) in [6, 6.07) is 12.7. The van der Waals surface area contributed by atoms with Crippen molar-refractivity contribution in [1.29, 1.82) is 0 Å². The van der Waals surface area contributed by atoms with Crippen LogP contribution in [0.3, 0.4) is 0 Å². The minimum Gasteiger partial charge on any atom is -0.494 e. The van der Waals surface area contributed by atoms with Crippen LogP contribution in [0.15, 0.2) is 42.5 Å². The lowest BCUT2D eigenvalue weighted by molar-refractivity contribution is -0.116. The van der Waals surface area contributed by atoms with E-state index in [1.165, 1.54) is 17.7 Å². The van der Waals surface area contributed by atoms with E-state index in [1.807, 2.05) is 12.1 Å². The molecule has 0 atom stereocenters. The van der Waals surface area contributed by atoms with E-state index in [0.29, 0.717) is 30.7 Å². The van der Waals surface area contributed by atoms with Crippen LogP contribution in [0.1, 0.15) is 59.9 Å². The minimum atomic E-state index is -0.443. The van der Waals surface area contributed by atoms with Gasteiger partial charge in [-0.3, -0.25) is 19.7 Å². The average molecular weight is 380 g/mol. The summed E-state index contributed by atoms with van der Waals surface area (Å²) in [6.45, 7) is 6.91. The standard InChI is InChI=1S/C22H24N2O4/c1-22(2,3)14-6-9-16(10-7-14)28-12-4-5-19(25)23-15-8-11-17-18(13-15)21(27)24-20(17)26/h6-11,13H,4-5,12H2,1-3H3,(H,23,25)(H,24,26,27). The molecule has 0 aliphatic carbocycles. The zero-order valence-corrected chi connectivity index (χ0v) is 16.3. The molecule has 28 heavy (non-hydrogen) atoms. The summed E-state index contributed by atoms with van der Waals surface area (Å²) in [6.07, 6.45) is 0.860. The van der Waals surface area contributed by atoms with E-state index in [-0.39, 0.29) is 16.9 Å². The number of amides is 3. The van der Waals surface area contributed by atoms with Gasteiger partial charge in [-0.1, -0.05) is 32.9 Å². The SMILES string of the molecule is CC(C)(C)c1ccc(OCCCC(=O)Nc2ccc3c(c2)C(=O)NC3=O)cc1. The van der Waals surface area contributed by atoms with Gasteiger partial charge in [0.15, 0.2) is 0 Å². The van der Waals surface area contributed by atoms with Crippen LogP contribution in [0, 0.1) is 0 Å². The molecule has 0 bridgehead atoms. The van der Waals surface area contributed by atoms with Crippen LogP contribution < -0.4 is 15.4 Å². The molecule has 1 aliphatic heterocycles. The van der Waals surface area contributed by atoms with Crippen molar-refractivity contribution in [1.82, 2.24) is 5.32 Å². The molecule has 6 nitrogen and oxygen atoms in total. The van der Waals surface area contributed by atoms with Crippen LogP contribution in [-0.2, 0) is 10.2 Å². The quantitative estimate of drug-likeness (QED) is 0.592. The first-order valence-electron chi connectivity index (χ1n) is 9.27. The lowest BCUT2D eigenvalue weighted by Crippen LogP contribution is -2.19. The maximum Gasteiger partial charge on any atom is 0.259 e. The van der Waals surface area contributed by atoms with Crippen molar-refractivity contribution in [3.05, 3.63) is 59.2 Å². The molecule has 3 amide bonds. The Morgan fingerprint density at radius 2 is 1.68 bits per heavy atom. The molecule has 2 N–H and O–H groups in total. The van der Waals surface area contributed by atoms with Crippen molar-refractivity contribution >= 4 is 23.4 Å². The molecule has 0 unspecified atom stereocenters. The van der Waals surface area contributed by atoms with Crippen molar-refractivity contribution in [2.45, 2.75) is 39.0 Å². The highest BCUT2D eigenvalue weighted by Gasteiger charge is 2.26. The molecule has 0 radical (unpaired) electrons. The van der Waals surface area contributed by atoms with Crippen LogP contribution in [0.25, 0.3) is 0 Å². The van der Waals surface area contributed by atoms with E-state index < -0.39 is 11.8 Å². The van der Waals surface area contributed by atoms with E-state index in [9.17, 15) is 14.4 Å². The lowest BCUT2D eigenvalue weighted by Gasteiger charge is -2.19. The Bertz CT molecular complexity index is 911. The largest absolute Gasteiger partial charge is 0.494 e. The number of imide groups is 1. The van der Waals surface area contributed by atoms with Gasteiger partial charge in [0.05, 0.1) is 17.7 Å². The zero-order valence-electron chi connectivity index (χ0n) is 16.3.